The predicted molar refractivity (Wildman–Crippen MR) is 147 cm³/mol. The topological polar surface area (TPSA) is 124 Å². The Bertz CT molecular complexity index is 1500. The number of nitrogens with zero attached hydrogens (tertiary/aromatic N) is 4. The zero-order valence-corrected chi connectivity index (χ0v) is 24.3. The van der Waals surface area contributed by atoms with E-state index in [1.54, 1.807) is 5.38 Å². The quantitative estimate of drug-likeness (QED) is 0.428. The highest BCUT2D eigenvalue weighted by atomic mass is 35.5. The summed E-state index contributed by atoms with van der Waals surface area (Å²) in [5, 5.41) is 14.4. The van der Waals surface area contributed by atoms with Gasteiger partial charge in [-0.3, -0.25) is 19.5 Å². The molecule has 1 aromatic heterocycles. The van der Waals surface area contributed by atoms with Gasteiger partial charge in [-0.25, -0.2) is 22.9 Å². The molecule has 1 unspecified atom stereocenters. The van der Waals surface area contributed by atoms with Crippen LogP contribution in [0.1, 0.15) is 30.5 Å². The van der Waals surface area contributed by atoms with Crippen molar-refractivity contribution < 1.29 is 37.4 Å². The van der Waals surface area contributed by atoms with Crippen molar-refractivity contribution in [2.45, 2.75) is 31.9 Å². The van der Waals surface area contributed by atoms with E-state index in [1.807, 2.05) is 0 Å². The molecule has 0 radical (unpaired) electrons. The van der Waals surface area contributed by atoms with Gasteiger partial charge in [-0.1, -0.05) is 23.7 Å². The summed E-state index contributed by atoms with van der Waals surface area (Å²) >= 11 is 7.54. The molecule has 1 amide bonds. The van der Waals surface area contributed by atoms with Crippen molar-refractivity contribution in [3.8, 4) is 0 Å². The normalized spacial score (nSPS) is 24.0. The fraction of sp³-hybridized carbons (Fsp3) is 0.444. The number of carboxylic acids is 1. The van der Waals surface area contributed by atoms with E-state index in [2.05, 4.69) is 15.3 Å². The van der Waals surface area contributed by atoms with Crippen molar-refractivity contribution >= 4 is 46.6 Å². The minimum Gasteiger partial charge on any atom is -0.481 e. The van der Waals surface area contributed by atoms with Crippen molar-refractivity contribution in [1.82, 2.24) is 20.1 Å². The van der Waals surface area contributed by atoms with Crippen molar-refractivity contribution in [3.63, 3.8) is 0 Å². The Labute approximate surface area is 247 Å². The third-order valence-corrected chi connectivity index (χ3v) is 8.86. The minimum absolute atomic E-state index is 0.0646. The number of hydrogen-bond acceptors (Lipinski definition) is 9. The van der Waals surface area contributed by atoms with Crippen LogP contribution in [0.15, 0.2) is 46.0 Å². The lowest BCUT2D eigenvalue weighted by molar-refractivity contribution is -0.150. The summed E-state index contributed by atoms with van der Waals surface area (Å²) in [4.78, 5) is 49.4. The summed E-state index contributed by atoms with van der Waals surface area (Å²) in [5.41, 5.74) is -1.10. The number of esters is 1. The molecule has 3 aliphatic heterocycles. The largest absolute Gasteiger partial charge is 0.481 e. The van der Waals surface area contributed by atoms with Crippen LogP contribution in [0, 0.1) is 17.2 Å². The number of amides is 1. The molecule has 0 aliphatic carbocycles. The van der Waals surface area contributed by atoms with Crippen LogP contribution in [0.3, 0.4) is 0 Å². The maximum Gasteiger partial charge on any atom is 0.338 e. The van der Waals surface area contributed by atoms with Gasteiger partial charge < -0.3 is 20.1 Å². The van der Waals surface area contributed by atoms with Crippen molar-refractivity contribution in [2.75, 3.05) is 33.3 Å². The van der Waals surface area contributed by atoms with Crippen LogP contribution in [0.2, 0.25) is 5.02 Å². The summed E-state index contributed by atoms with van der Waals surface area (Å²) < 4.78 is 50.3. The average Bonchev–Trinajstić information content (AvgIpc) is 3.63. The molecule has 2 fully saturated rings. The van der Waals surface area contributed by atoms with Gasteiger partial charge in [0.25, 0.3) is 5.92 Å². The Balaban J connectivity index is 1.55. The molecular weight excluding hydrogens is 599 g/mol. The molecule has 5 rings (SSSR count). The number of methoxy groups -OCH3 is 1. The number of carbonyl (C=O) groups excluding carboxylic acids is 2. The van der Waals surface area contributed by atoms with Crippen molar-refractivity contribution in [1.29, 1.82) is 0 Å². The number of aromatic nitrogens is 1. The van der Waals surface area contributed by atoms with E-state index in [-0.39, 0.29) is 47.3 Å². The van der Waals surface area contributed by atoms with E-state index in [1.165, 1.54) is 48.4 Å². The predicted octanol–water partition coefficient (Wildman–Crippen LogP) is 3.34. The number of ether oxygens (including phenoxy) is 1. The maximum absolute atomic E-state index is 15.4. The number of aliphatic imine (C=N–C) groups is 1. The molecule has 3 atom stereocenters. The van der Waals surface area contributed by atoms with Gasteiger partial charge >= 0.3 is 11.9 Å². The second-order valence-corrected chi connectivity index (χ2v) is 12.3. The first-order chi connectivity index (χ1) is 19.7. The first kappa shape index (κ1) is 30.0. The fourth-order valence-corrected chi connectivity index (χ4v) is 6.41. The molecule has 10 nitrogen and oxygen atoms in total. The molecule has 0 spiro atoms. The number of hydrogen-bond donors (Lipinski definition) is 2. The Morgan fingerprint density at radius 1 is 1.33 bits per heavy atom. The van der Waals surface area contributed by atoms with Gasteiger partial charge in [-0.2, -0.15) is 0 Å². The van der Waals surface area contributed by atoms with E-state index in [0.717, 1.165) is 18.1 Å². The lowest BCUT2D eigenvalue weighted by Gasteiger charge is -2.32. The second-order valence-electron chi connectivity index (χ2n) is 11.0. The number of carbonyl (C=O) groups is 3. The van der Waals surface area contributed by atoms with E-state index in [4.69, 9.17) is 16.3 Å². The van der Waals surface area contributed by atoms with E-state index < -0.39 is 59.5 Å². The second kappa shape index (κ2) is 11.0. The van der Waals surface area contributed by atoms with Gasteiger partial charge in [0.05, 0.1) is 29.7 Å². The molecule has 1 aromatic carbocycles. The van der Waals surface area contributed by atoms with E-state index in [0.29, 0.717) is 5.01 Å². The van der Waals surface area contributed by atoms with Gasteiger partial charge in [0.2, 0.25) is 5.91 Å². The van der Waals surface area contributed by atoms with Gasteiger partial charge in [0.15, 0.2) is 10.8 Å². The molecule has 4 heterocycles. The highest BCUT2D eigenvalue weighted by Crippen LogP contribution is 2.45. The molecule has 15 heteroatoms. The summed E-state index contributed by atoms with van der Waals surface area (Å²) in [6, 6.07) is 1.94. The monoisotopic (exact) mass is 625 g/mol. The zero-order chi connectivity index (χ0) is 30.6. The molecule has 3 aliphatic rings. The highest BCUT2D eigenvalue weighted by Gasteiger charge is 2.63. The molecule has 2 saturated heterocycles. The molecule has 2 aromatic rings. The highest BCUT2D eigenvalue weighted by molar-refractivity contribution is 7.11. The standard InChI is InChI=1S/C27H27ClF3N5O5S/c1-26(2,25(39)40)11-36-10-16-18(23(36)37)27(30,31)12-35(16)9-15-17(24(38)41-3)20(13-5-4-6-14(29)19(13)28)34-21(33-15)22-32-7-8-42-22/h4-8,16,18,20H,9-12H2,1-3H3,(H,33,34)(H,39,40)/t16-,18-,20?/m0/s1. The molecule has 42 heavy (non-hydrogen) atoms. The lowest BCUT2D eigenvalue weighted by atomic mass is 9.93. The molecule has 2 N–H and O–H groups in total. The van der Waals surface area contributed by atoms with Crippen LogP contribution in [-0.4, -0.2) is 88.8 Å². The number of thiazole rings is 1. The number of aliphatic carboxylic acids is 1. The van der Waals surface area contributed by atoms with Crippen LogP contribution >= 0.6 is 22.9 Å². The van der Waals surface area contributed by atoms with Crippen molar-refractivity contribution in [2.24, 2.45) is 16.3 Å². The number of halogens is 4. The third-order valence-electron chi connectivity index (χ3n) is 7.68. The zero-order valence-electron chi connectivity index (χ0n) is 22.7. The SMILES string of the molecule is COC(=O)C1=C(CN2CC(F)(F)[C@@H]3C(=O)N(CC(C)(C)C(=O)O)C[C@@H]32)NC(c2nccs2)=NC1c1cccc(F)c1Cl. The first-order valence-corrected chi connectivity index (χ1v) is 14.1. The van der Waals surface area contributed by atoms with Crippen LogP contribution in [-0.2, 0) is 19.1 Å². The first-order valence-electron chi connectivity index (χ1n) is 12.9. The van der Waals surface area contributed by atoms with Gasteiger partial charge in [0, 0.05) is 48.5 Å². The van der Waals surface area contributed by atoms with E-state index in [9.17, 15) is 23.9 Å². The average molecular weight is 626 g/mol. The fourth-order valence-electron chi connectivity index (χ4n) is 5.60. The van der Waals surface area contributed by atoms with E-state index >= 15 is 8.78 Å². The minimum atomic E-state index is -3.41. The van der Waals surface area contributed by atoms with Gasteiger partial charge in [-0.05, 0) is 19.9 Å². The number of likely N-dealkylation sites (tertiary alicyclic amines) is 2. The summed E-state index contributed by atoms with van der Waals surface area (Å²) in [5.74, 6) is -8.44. The summed E-state index contributed by atoms with van der Waals surface area (Å²) in [6.07, 6.45) is 1.54. The number of amidine groups is 1. The molecule has 224 valence electrons. The Morgan fingerprint density at radius 2 is 2.07 bits per heavy atom. The Kier molecular flexibility index (Phi) is 7.83. The Hall–Kier alpha value is -3.49. The van der Waals surface area contributed by atoms with Gasteiger partial charge in [0.1, 0.15) is 17.8 Å². The summed E-state index contributed by atoms with van der Waals surface area (Å²) in [7, 11) is 1.15. The molecule has 0 bridgehead atoms. The number of benzene rings is 1. The number of carboxylic acid groups (broad SMARTS) is 1. The van der Waals surface area contributed by atoms with Crippen LogP contribution in [0.25, 0.3) is 0 Å². The Morgan fingerprint density at radius 3 is 2.71 bits per heavy atom. The molecular formula is C27H27ClF3N5O5S. The number of alkyl halides is 2. The lowest BCUT2D eigenvalue weighted by Crippen LogP contribution is -2.45. The van der Waals surface area contributed by atoms with Crippen LogP contribution < -0.4 is 5.32 Å². The maximum atomic E-state index is 15.4. The van der Waals surface area contributed by atoms with Crippen LogP contribution in [0.5, 0.6) is 0 Å². The van der Waals surface area contributed by atoms with Crippen LogP contribution in [0.4, 0.5) is 13.2 Å². The number of nitrogens with one attached hydrogen (secondary N) is 1. The third kappa shape index (κ3) is 5.26. The number of rotatable bonds is 8. The van der Waals surface area contributed by atoms with Gasteiger partial charge in [-0.15, -0.1) is 11.3 Å². The smallest absolute Gasteiger partial charge is 0.338 e. The number of fused-ring (bicyclic) bond motifs is 1. The molecule has 0 saturated carbocycles. The summed E-state index contributed by atoms with van der Waals surface area (Å²) in [6.45, 7) is 1.44. The van der Waals surface area contributed by atoms with Crippen molar-refractivity contribution in [3.05, 3.63) is 62.5 Å².